The second-order valence-corrected chi connectivity index (χ2v) is 8.19. The molecule has 0 amide bonds. The first-order chi connectivity index (χ1) is 10.1. The number of carboxylic acid groups (broad SMARTS) is 1. The van der Waals surface area contributed by atoms with Crippen LogP contribution in [0, 0.1) is 0 Å². The minimum atomic E-state index is -4.03. The van der Waals surface area contributed by atoms with E-state index in [2.05, 4.69) is 32.9 Å². The van der Waals surface area contributed by atoms with E-state index in [1.165, 1.54) is 11.1 Å². The van der Waals surface area contributed by atoms with E-state index >= 15 is 0 Å². The highest BCUT2D eigenvalue weighted by atomic mass is 31.2. The second-order valence-electron chi connectivity index (χ2n) is 5.96. The van der Waals surface area contributed by atoms with E-state index in [-0.39, 0.29) is 6.16 Å². The molecule has 0 aliphatic heterocycles. The fourth-order valence-electron chi connectivity index (χ4n) is 1.92. The Morgan fingerprint density at radius 2 is 1.36 bits per heavy atom. The Kier molecular flexibility index (Phi) is 10.0. The summed E-state index contributed by atoms with van der Waals surface area (Å²) in [6, 6.07) is 0. The molecule has 0 aliphatic rings. The van der Waals surface area contributed by atoms with Gasteiger partial charge in [-0.15, -0.1) is 0 Å². The summed E-state index contributed by atoms with van der Waals surface area (Å²) in [6.45, 7) is 8.30. The molecule has 0 spiro atoms. The molecule has 0 aromatic carbocycles. The maximum absolute atomic E-state index is 11.3. The van der Waals surface area contributed by atoms with Crippen LogP contribution in [0.15, 0.2) is 34.9 Å². The van der Waals surface area contributed by atoms with E-state index in [1.807, 2.05) is 13.0 Å². The zero-order chi connectivity index (χ0) is 17.2. The molecule has 0 saturated carbocycles. The van der Waals surface area contributed by atoms with Crippen molar-refractivity contribution in [3.63, 3.8) is 0 Å². The van der Waals surface area contributed by atoms with Gasteiger partial charge in [-0.05, 0) is 59.8 Å². The predicted molar refractivity (Wildman–Crippen MR) is 92.7 cm³/mol. The summed E-state index contributed by atoms with van der Waals surface area (Å²) in [5, 5.41) is 8.57. The molecule has 0 aromatic heterocycles. The van der Waals surface area contributed by atoms with Crippen LogP contribution >= 0.6 is 7.37 Å². The molecule has 22 heavy (non-hydrogen) atoms. The van der Waals surface area contributed by atoms with Crippen molar-refractivity contribution in [3.05, 3.63) is 34.9 Å². The van der Waals surface area contributed by atoms with Crippen molar-refractivity contribution in [1.29, 1.82) is 0 Å². The van der Waals surface area contributed by atoms with Crippen LogP contribution in [-0.4, -0.2) is 21.9 Å². The molecule has 0 radical (unpaired) electrons. The van der Waals surface area contributed by atoms with Gasteiger partial charge in [0.2, 0.25) is 0 Å². The Labute approximate surface area is 134 Å². The fourth-order valence-corrected chi connectivity index (χ4v) is 2.59. The standard InChI is InChI=1S/C17H29O4P/c1-14(2)8-5-9-15(3)10-6-11-16(4)12-7-13-22(20,21)17(18)19/h8,10,12H,5-7,9,11,13H2,1-4H3,(H,18,19)(H,20,21). The van der Waals surface area contributed by atoms with Crippen LogP contribution in [0.1, 0.15) is 59.8 Å². The van der Waals surface area contributed by atoms with E-state index in [4.69, 9.17) is 5.11 Å². The molecule has 0 rings (SSSR count). The van der Waals surface area contributed by atoms with Crippen molar-refractivity contribution < 1.29 is 19.4 Å². The summed E-state index contributed by atoms with van der Waals surface area (Å²) >= 11 is 0. The van der Waals surface area contributed by atoms with Crippen LogP contribution in [0.4, 0.5) is 4.79 Å². The third kappa shape index (κ3) is 10.6. The molecule has 2 N–H and O–H groups in total. The van der Waals surface area contributed by atoms with Crippen LogP contribution in [-0.2, 0) is 4.57 Å². The second kappa shape index (κ2) is 10.6. The van der Waals surface area contributed by atoms with Crippen molar-refractivity contribution in [2.45, 2.75) is 59.8 Å². The van der Waals surface area contributed by atoms with Crippen molar-refractivity contribution >= 4 is 13.1 Å². The Hall–Kier alpha value is -1.12. The van der Waals surface area contributed by atoms with Gasteiger partial charge < -0.3 is 10.00 Å². The molecule has 4 nitrogen and oxygen atoms in total. The van der Waals surface area contributed by atoms with Gasteiger partial charge in [0.05, 0.1) is 0 Å². The maximum Gasteiger partial charge on any atom is 0.388 e. The quantitative estimate of drug-likeness (QED) is 0.396. The van der Waals surface area contributed by atoms with Crippen molar-refractivity contribution in [2.24, 2.45) is 0 Å². The smallest absolute Gasteiger partial charge is 0.388 e. The SMILES string of the molecule is CC(C)=CCCC(C)=CCCC(C)=CCCP(=O)(O)C(=O)O. The molecule has 126 valence electrons. The monoisotopic (exact) mass is 328 g/mol. The lowest BCUT2D eigenvalue weighted by molar-refractivity contribution is 0.215. The summed E-state index contributed by atoms with van der Waals surface area (Å²) < 4.78 is 11.3. The van der Waals surface area contributed by atoms with Crippen LogP contribution in [0.3, 0.4) is 0 Å². The van der Waals surface area contributed by atoms with E-state index in [1.54, 1.807) is 0 Å². The van der Waals surface area contributed by atoms with Gasteiger partial charge in [0.25, 0.3) is 0 Å². The zero-order valence-corrected chi connectivity index (χ0v) is 15.0. The normalized spacial score (nSPS) is 15.3. The molecule has 0 aliphatic carbocycles. The lowest BCUT2D eigenvalue weighted by atomic mass is 10.1. The average Bonchev–Trinajstić information content (AvgIpc) is 2.37. The van der Waals surface area contributed by atoms with Gasteiger partial charge in [0.1, 0.15) is 0 Å². The topological polar surface area (TPSA) is 74.6 Å². The first-order valence-corrected chi connectivity index (χ1v) is 9.49. The first kappa shape index (κ1) is 20.9. The number of hydrogen-bond acceptors (Lipinski definition) is 2. The van der Waals surface area contributed by atoms with E-state index < -0.39 is 13.1 Å². The summed E-state index contributed by atoms with van der Waals surface area (Å²) in [5.74, 6) is 0. The lowest BCUT2D eigenvalue weighted by Crippen LogP contribution is -1.98. The average molecular weight is 328 g/mol. The minimum Gasteiger partial charge on any atom is -0.474 e. The van der Waals surface area contributed by atoms with E-state index in [0.29, 0.717) is 6.42 Å². The molecule has 1 atom stereocenters. The Morgan fingerprint density at radius 3 is 1.82 bits per heavy atom. The molecule has 0 fully saturated rings. The molecule has 1 unspecified atom stereocenters. The van der Waals surface area contributed by atoms with Crippen LogP contribution in [0.2, 0.25) is 0 Å². The molecular weight excluding hydrogens is 299 g/mol. The molecule has 0 bridgehead atoms. The van der Waals surface area contributed by atoms with Crippen LogP contribution in [0.5, 0.6) is 0 Å². The molecule has 0 aromatic rings. The Morgan fingerprint density at radius 1 is 0.909 bits per heavy atom. The molecule has 5 heteroatoms. The van der Waals surface area contributed by atoms with E-state index in [9.17, 15) is 14.3 Å². The fraction of sp³-hybridized carbons (Fsp3) is 0.588. The van der Waals surface area contributed by atoms with Crippen molar-refractivity contribution in [2.75, 3.05) is 6.16 Å². The van der Waals surface area contributed by atoms with Crippen molar-refractivity contribution in [3.8, 4) is 0 Å². The molecular formula is C17H29O4P. The lowest BCUT2D eigenvalue weighted by Gasteiger charge is -2.04. The summed E-state index contributed by atoms with van der Waals surface area (Å²) in [5.41, 5.74) is 2.23. The van der Waals surface area contributed by atoms with Crippen LogP contribution < -0.4 is 0 Å². The maximum atomic E-state index is 11.3. The van der Waals surface area contributed by atoms with Gasteiger partial charge in [0, 0.05) is 6.16 Å². The van der Waals surface area contributed by atoms with Gasteiger partial charge in [-0.3, -0.25) is 4.57 Å². The highest BCUT2D eigenvalue weighted by Gasteiger charge is 2.26. The number of hydrogen-bond donors (Lipinski definition) is 2. The summed E-state index contributed by atoms with van der Waals surface area (Å²) in [4.78, 5) is 19.7. The highest BCUT2D eigenvalue weighted by molar-refractivity contribution is 7.74. The van der Waals surface area contributed by atoms with Gasteiger partial charge in [0.15, 0.2) is 0 Å². The third-order valence-corrected chi connectivity index (χ3v) is 4.81. The third-order valence-electron chi connectivity index (χ3n) is 3.35. The van der Waals surface area contributed by atoms with E-state index in [0.717, 1.165) is 31.3 Å². The van der Waals surface area contributed by atoms with Crippen LogP contribution in [0.25, 0.3) is 0 Å². The number of allylic oxidation sites excluding steroid dienone is 6. The number of carbonyl (C=O) groups is 1. The highest BCUT2D eigenvalue weighted by Crippen LogP contribution is 2.41. The molecule has 0 saturated heterocycles. The predicted octanol–water partition coefficient (Wildman–Crippen LogP) is 5.74. The Bertz CT molecular complexity index is 497. The van der Waals surface area contributed by atoms with Gasteiger partial charge in [-0.1, -0.05) is 34.9 Å². The largest absolute Gasteiger partial charge is 0.474 e. The summed E-state index contributed by atoms with van der Waals surface area (Å²) in [7, 11) is -4.03. The summed E-state index contributed by atoms with van der Waals surface area (Å²) in [6.07, 6.45) is 10.4. The van der Waals surface area contributed by atoms with Gasteiger partial charge >= 0.3 is 13.1 Å². The molecule has 0 heterocycles. The number of rotatable bonds is 10. The van der Waals surface area contributed by atoms with Gasteiger partial charge in [-0.2, -0.15) is 0 Å². The van der Waals surface area contributed by atoms with Gasteiger partial charge in [-0.25, -0.2) is 4.79 Å². The minimum absolute atomic E-state index is 0.197. The zero-order valence-electron chi connectivity index (χ0n) is 14.1. The van der Waals surface area contributed by atoms with Crippen molar-refractivity contribution in [1.82, 2.24) is 0 Å². The first-order valence-electron chi connectivity index (χ1n) is 7.65. The Balaban J connectivity index is 4.09.